The molecule has 6 heteroatoms. The molecule has 0 atom stereocenters. The van der Waals surface area contributed by atoms with Crippen molar-refractivity contribution in [2.45, 2.75) is 58.9 Å². The van der Waals surface area contributed by atoms with Gasteiger partial charge in [-0.25, -0.2) is 9.97 Å². The fourth-order valence-corrected chi connectivity index (χ4v) is 4.27. The fourth-order valence-electron chi connectivity index (χ4n) is 3.22. The minimum absolute atomic E-state index is 0.0335. The molecule has 0 radical (unpaired) electrons. The minimum atomic E-state index is -0.0335. The van der Waals surface area contributed by atoms with Crippen molar-refractivity contribution in [2.75, 3.05) is 11.9 Å². The van der Waals surface area contributed by atoms with Crippen molar-refractivity contribution in [2.24, 2.45) is 0 Å². The van der Waals surface area contributed by atoms with Crippen LogP contribution in [0.2, 0.25) is 0 Å². The van der Waals surface area contributed by atoms with E-state index in [1.165, 1.54) is 37.0 Å². The Kier molecular flexibility index (Phi) is 5.68. The molecule has 2 aromatic heterocycles. The first-order valence-corrected chi connectivity index (χ1v) is 9.84. The maximum atomic E-state index is 12.4. The largest absolute Gasteiger partial charge is 0.369 e. The van der Waals surface area contributed by atoms with Crippen LogP contribution < -0.4 is 10.6 Å². The Labute approximate surface area is 153 Å². The van der Waals surface area contributed by atoms with Gasteiger partial charge in [-0.05, 0) is 58.4 Å². The third-order valence-corrected chi connectivity index (χ3v) is 5.67. The molecule has 1 amide bonds. The van der Waals surface area contributed by atoms with E-state index < -0.39 is 0 Å². The average Bonchev–Trinajstić information content (AvgIpc) is 2.93. The number of carbonyl (C=O) groups is 1. The highest BCUT2D eigenvalue weighted by atomic mass is 32.1. The Hall–Kier alpha value is -1.95. The summed E-state index contributed by atoms with van der Waals surface area (Å²) >= 11 is 1.44. The van der Waals surface area contributed by atoms with Crippen molar-refractivity contribution in [3.8, 4) is 0 Å². The molecule has 5 nitrogen and oxygen atoms in total. The van der Waals surface area contributed by atoms with Gasteiger partial charge in [0.1, 0.15) is 17.0 Å². The summed E-state index contributed by atoms with van der Waals surface area (Å²) in [6.07, 6.45) is 10.1. The highest BCUT2D eigenvalue weighted by Gasteiger charge is 2.19. The average molecular weight is 359 g/mol. The molecule has 2 aromatic rings. The predicted octanol–water partition coefficient (Wildman–Crippen LogP) is 4.44. The number of nitrogens with zero attached hydrogens (tertiary/aromatic N) is 2. The summed E-state index contributed by atoms with van der Waals surface area (Å²) in [4.78, 5) is 22.8. The van der Waals surface area contributed by atoms with Crippen LogP contribution in [0.1, 0.15) is 61.2 Å². The zero-order valence-corrected chi connectivity index (χ0v) is 16.0. The second kappa shape index (κ2) is 7.95. The summed E-state index contributed by atoms with van der Waals surface area (Å²) in [7, 11) is 0. The molecule has 1 aliphatic rings. The third-order valence-electron chi connectivity index (χ3n) is 4.48. The molecule has 3 rings (SSSR count). The maximum Gasteiger partial charge on any atom is 0.261 e. The first kappa shape index (κ1) is 17.9. The zero-order chi connectivity index (χ0) is 17.8. The number of rotatable bonds is 6. The molecule has 0 aliphatic heterocycles. The Bertz CT molecular complexity index is 794. The fraction of sp³-hybridized carbons (Fsp3) is 0.526. The number of carbonyl (C=O) groups excluding carboxylic acids is 1. The molecule has 0 fully saturated rings. The second-order valence-electron chi connectivity index (χ2n) is 6.87. The molecule has 0 spiro atoms. The smallest absolute Gasteiger partial charge is 0.261 e. The molecular formula is C19H26N4OS. The van der Waals surface area contributed by atoms with Crippen LogP contribution in [0, 0.1) is 6.92 Å². The Balaban J connectivity index is 1.77. The van der Waals surface area contributed by atoms with Gasteiger partial charge in [0.2, 0.25) is 0 Å². The highest BCUT2D eigenvalue weighted by molar-refractivity contribution is 7.20. The lowest BCUT2D eigenvalue weighted by atomic mass is 9.97. The summed E-state index contributed by atoms with van der Waals surface area (Å²) < 4.78 is 0. The van der Waals surface area contributed by atoms with Gasteiger partial charge in [-0.3, -0.25) is 4.79 Å². The van der Waals surface area contributed by atoms with Gasteiger partial charge in [0.05, 0.1) is 10.3 Å². The van der Waals surface area contributed by atoms with Gasteiger partial charge in [-0.2, -0.15) is 0 Å². The van der Waals surface area contributed by atoms with Crippen molar-refractivity contribution < 1.29 is 4.79 Å². The third kappa shape index (κ3) is 4.18. The van der Waals surface area contributed by atoms with Crippen LogP contribution >= 0.6 is 11.3 Å². The lowest BCUT2D eigenvalue weighted by Crippen LogP contribution is -2.29. The molecule has 0 aromatic carbocycles. The molecule has 0 bridgehead atoms. The van der Waals surface area contributed by atoms with Gasteiger partial charge in [0, 0.05) is 12.6 Å². The summed E-state index contributed by atoms with van der Waals surface area (Å²) in [6, 6.07) is 0.115. The van der Waals surface area contributed by atoms with Gasteiger partial charge in [-0.1, -0.05) is 11.6 Å². The van der Waals surface area contributed by atoms with Crippen LogP contribution in [0.3, 0.4) is 0 Å². The topological polar surface area (TPSA) is 66.9 Å². The van der Waals surface area contributed by atoms with E-state index in [-0.39, 0.29) is 11.9 Å². The van der Waals surface area contributed by atoms with Crippen molar-refractivity contribution in [1.29, 1.82) is 0 Å². The van der Waals surface area contributed by atoms with E-state index in [1.807, 2.05) is 20.8 Å². The van der Waals surface area contributed by atoms with Crippen molar-refractivity contribution in [3.05, 3.63) is 28.4 Å². The van der Waals surface area contributed by atoms with E-state index in [0.717, 1.165) is 39.4 Å². The van der Waals surface area contributed by atoms with Gasteiger partial charge in [0.15, 0.2) is 0 Å². The predicted molar refractivity (Wildman–Crippen MR) is 104 cm³/mol. The number of hydrogen-bond donors (Lipinski definition) is 2. The van der Waals surface area contributed by atoms with Crippen LogP contribution in [0.25, 0.3) is 10.2 Å². The van der Waals surface area contributed by atoms with Crippen molar-refractivity contribution >= 4 is 33.3 Å². The quantitative estimate of drug-likeness (QED) is 0.749. The van der Waals surface area contributed by atoms with Gasteiger partial charge >= 0.3 is 0 Å². The van der Waals surface area contributed by atoms with E-state index in [4.69, 9.17) is 0 Å². The Morgan fingerprint density at radius 2 is 2.16 bits per heavy atom. The Morgan fingerprint density at radius 1 is 1.32 bits per heavy atom. The maximum absolute atomic E-state index is 12.4. The lowest BCUT2D eigenvalue weighted by molar-refractivity contribution is 0.0947. The van der Waals surface area contributed by atoms with Crippen LogP contribution in [-0.2, 0) is 0 Å². The number of nitrogens with one attached hydrogen (secondary N) is 2. The number of allylic oxidation sites excluding steroid dienone is 1. The van der Waals surface area contributed by atoms with Crippen LogP contribution in [-0.4, -0.2) is 28.5 Å². The van der Waals surface area contributed by atoms with E-state index >= 15 is 0 Å². The number of aromatic nitrogens is 2. The lowest BCUT2D eigenvalue weighted by Gasteiger charge is -2.13. The molecule has 25 heavy (non-hydrogen) atoms. The number of aryl methyl sites for hydroxylation is 1. The van der Waals surface area contributed by atoms with Crippen molar-refractivity contribution in [1.82, 2.24) is 15.3 Å². The second-order valence-corrected chi connectivity index (χ2v) is 7.87. The number of amides is 1. The van der Waals surface area contributed by atoms with Crippen molar-refractivity contribution in [3.63, 3.8) is 0 Å². The first-order valence-electron chi connectivity index (χ1n) is 9.03. The van der Waals surface area contributed by atoms with Crippen LogP contribution in [0.5, 0.6) is 0 Å². The molecule has 0 unspecified atom stereocenters. The molecule has 2 N–H and O–H groups in total. The summed E-state index contributed by atoms with van der Waals surface area (Å²) in [5.74, 6) is 0.799. The summed E-state index contributed by atoms with van der Waals surface area (Å²) in [5, 5.41) is 7.39. The van der Waals surface area contributed by atoms with Crippen LogP contribution in [0.4, 0.5) is 5.82 Å². The van der Waals surface area contributed by atoms with E-state index in [2.05, 4.69) is 26.7 Å². The normalized spacial score (nSPS) is 14.6. The Morgan fingerprint density at radius 3 is 2.88 bits per heavy atom. The molecular weight excluding hydrogens is 332 g/mol. The van der Waals surface area contributed by atoms with Gasteiger partial charge in [-0.15, -0.1) is 11.3 Å². The SMILES string of the molecule is Cc1c(C(=O)NC(C)C)sc2ncnc(NCCC3=CCCCC3)c12. The monoisotopic (exact) mass is 358 g/mol. The van der Waals surface area contributed by atoms with E-state index in [1.54, 1.807) is 11.9 Å². The summed E-state index contributed by atoms with van der Waals surface area (Å²) in [5.41, 5.74) is 2.50. The molecule has 134 valence electrons. The highest BCUT2D eigenvalue weighted by Crippen LogP contribution is 2.33. The first-order chi connectivity index (χ1) is 12.1. The number of hydrogen-bond acceptors (Lipinski definition) is 5. The van der Waals surface area contributed by atoms with Crippen LogP contribution in [0.15, 0.2) is 18.0 Å². The summed E-state index contributed by atoms with van der Waals surface area (Å²) in [6.45, 7) is 6.77. The van der Waals surface area contributed by atoms with E-state index in [9.17, 15) is 4.79 Å². The van der Waals surface area contributed by atoms with E-state index in [0.29, 0.717) is 0 Å². The molecule has 1 aliphatic carbocycles. The molecule has 2 heterocycles. The number of thiophene rings is 1. The standard InChI is InChI=1S/C19H26N4OS/c1-12(2)23-18(24)16-13(3)15-17(21-11-22-19(15)25-16)20-10-9-14-7-5-4-6-8-14/h7,11-12H,4-6,8-10H2,1-3H3,(H,23,24)(H,20,21,22). The molecule has 0 saturated heterocycles. The number of fused-ring (bicyclic) bond motifs is 1. The number of anilines is 1. The zero-order valence-electron chi connectivity index (χ0n) is 15.2. The molecule has 0 saturated carbocycles. The van der Waals surface area contributed by atoms with Gasteiger partial charge in [0.25, 0.3) is 5.91 Å². The minimum Gasteiger partial charge on any atom is -0.369 e. The van der Waals surface area contributed by atoms with Gasteiger partial charge < -0.3 is 10.6 Å².